The minimum Gasteiger partial charge on any atom is -0.494 e. The van der Waals surface area contributed by atoms with E-state index in [1.54, 1.807) is 48.6 Å². The number of ether oxygens (including phenoxy) is 1. The van der Waals surface area contributed by atoms with Crippen molar-refractivity contribution in [3.8, 4) is 16.9 Å². The maximum Gasteiger partial charge on any atom is 0.166 e. The summed E-state index contributed by atoms with van der Waals surface area (Å²) in [6, 6.07) is 15.4. The third-order valence-electron chi connectivity index (χ3n) is 7.57. The van der Waals surface area contributed by atoms with E-state index in [2.05, 4.69) is 6.92 Å². The van der Waals surface area contributed by atoms with Crippen LogP contribution in [0.5, 0.6) is 5.75 Å². The van der Waals surface area contributed by atoms with Gasteiger partial charge in [-0.1, -0.05) is 81.2 Å². The van der Waals surface area contributed by atoms with Crippen molar-refractivity contribution < 1.29 is 17.9 Å². The molecule has 0 aliphatic heterocycles. The van der Waals surface area contributed by atoms with Crippen molar-refractivity contribution >= 4 is 12.2 Å². The highest BCUT2D eigenvalue weighted by atomic mass is 19.2. The first-order chi connectivity index (χ1) is 18.0. The Labute approximate surface area is 219 Å². The van der Waals surface area contributed by atoms with E-state index >= 15 is 8.78 Å². The molecule has 0 radical (unpaired) electrons. The summed E-state index contributed by atoms with van der Waals surface area (Å²) in [6.45, 7) is 4.55. The van der Waals surface area contributed by atoms with E-state index in [1.807, 2.05) is 19.1 Å². The lowest BCUT2D eigenvalue weighted by Gasteiger charge is -2.29. The predicted molar refractivity (Wildman–Crippen MR) is 147 cm³/mol. The molecule has 1 aliphatic carbocycles. The van der Waals surface area contributed by atoms with E-state index in [-0.39, 0.29) is 17.3 Å². The summed E-state index contributed by atoms with van der Waals surface area (Å²) in [5, 5.41) is 0. The van der Waals surface area contributed by atoms with Crippen LogP contribution in [0, 0.1) is 23.4 Å². The van der Waals surface area contributed by atoms with Crippen LogP contribution in [0.4, 0.5) is 13.2 Å². The molecular weight excluding hydrogens is 469 g/mol. The molecule has 0 bridgehead atoms. The molecular formula is C33H37F3O. The van der Waals surface area contributed by atoms with Gasteiger partial charge in [0, 0.05) is 17.2 Å². The van der Waals surface area contributed by atoms with Crippen molar-refractivity contribution in [2.75, 3.05) is 6.61 Å². The van der Waals surface area contributed by atoms with Crippen LogP contribution in [-0.2, 0) is 0 Å². The molecule has 3 aromatic carbocycles. The first kappa shape index (κ1) is 27.0. The van der Waals surface area contributed by atoms with Gasteiger partial charge in [-0.3, -0.25) is 0 Å². The predicted octanol–water partition coefficient (Wildman–Crippen LogP) is 10.2. The zero-order chi connectivity index (χ0) is 26.2. The Kier molecular flexibility index (Phi) is 9.49. The number of hydrogen-bond donors (Lipinski definition) is 0. The number of hydrogen-bond acceptors (Lipinski definition) is 1. The zero-order valence-electron chi connectivity index (χ0n) is 21.9. The Hall–Kier alpha value is -3.01. The lowest BCUT2D eigenvalue weighted by molar-refractivity contribution is 0.298. The van der Waals surface area contributed by atoms with Gasteiger partial charge in [0.2, 0.25) is 0 Å². The van der Waals surface area contributed by atoms with E-state index < -0.39 is 11.6 Å². The van der Waals surface area contributed by atoms with Crippen LogP contribution in [-0.4, -0.2) is 6.61 Å². The summed E-state index contributed by atoms with van der Waals surface area (Å²) in [5.41, 5.74) is 2.69. The highest BCUT2D eigenvalue weighted by Gasteiger charge is 2.26. The number of rotatable bonds is 10. The third kappa shape index (κ3) is 6.85. The molecule has 0 spiro atoms. The first-order valence-corrected chi connectivity index (χ1v) is 13.7. The molecule has 1 saturated carbocycles. The van der Waals surface area contributed by atoms with Crippen LogP contribution < -0.4 is 4.74 Å². The topological polar surface area (TPSA) is 9.23 Å². The monoisotopic (exact) mass is 506 g/mol. The lowest BCUT2D eigenvalue weighted by atomic mass is 9.76. The molecule has 3 aromatic rings. The Morgan fingerprint density at radius 3 is 2.24 bits per heavy atom. The fraction of sp³-hybridized carbons (Fsp3) is 0.394. The summed E-state index contributed by atoms with van der Waals surface area (Å²) in [4.78, 5) is 0. The molecule has 4 heteroatoms. The van der Waals surface area contributed by atoms with Gasteiger partial charge >= 0.3 is 0 Å². The van der Waals surface area contributed by atoms with Gasteiger partial charge in [-0.25, -0.2) is 13.2 Å². The van der Waals surface area contributed by atoms with Crippen LogP contribution in [0.1, 0.15) is 87.8 Å². The van der Waals surface area contributed by atoms with Crippen LogP contribution in [0.3, 0.4) is 0 Å². The highest BCUT2D eigenvalue weighted by Crippen LogP contribution is 2.40. The van der Waals surface area contributed by atoms with Gasteiger partial charge in [0.05, 0.1) is 6.61 Å². The van der Waals surface area contributed by atoms with Crippen molar-refractivity contribution in [2.24, 2.45) is 5.92 Å². The van der Waals surface area contributed by atoms with E-state index in [0.29, 0.717) is 29.0 Å². The second-order valence-corrected chi connectivity index (χ2v) is 10.1. The van der Waals surface area contributed by atoms with Gasteiger partial charge < -0.3 is 4.74 Å². The molecule has 0 amide bonds. The number of halogens is 3. The van der Waals surface area contributed by atoms with Gasteiger partial charge in [0.1, 0.15) is 11.6 Å². The van der Waals surface area contributed by atoms with Crippen molar-refractivity contribution in [1.82, 2.24) is 0 Å². The molecule has 0 aromatic heterocycles. The Bertz CT molecular complexity index is 1190. The molecule has 1 aliphatic rings. The molecule has 1 fully saturated rings. The fourth-order valence-electron chi connectivity index (χ4n) is 5.41. The van der Waals surface area contributed by atoms with Gasteiger partial charge in [0.15, 0.2) is 11.6 Å². The quantitative estimate of drug-likeness (QED) is 0.196. The summed E-state index contributed by atoms with van der Waals surface area (Å²) < 4.78 is 49.9. The van der Waals surface area contributed by atoms with Crippen LogP contribution in [0.2, 0.25) is 0 Å². The molecule has 0 N–H and O–H groups in total. The number of unbranched alkanes of at least 4 members (excludes halogenated alkanes) is 2. The SMILES string of the molecule is CCCCCC1CCC(c2ccc(-c3ccc(C=Cc4ccc(OCC)cc4F)cc3)c(F)c2F)CC1. The lowest BCUT2D eigenvalue weighted by Crippen LogP contribution is -2.15. The summed E-state index contributed by atoms with van der Waals surface area (Å²) in [5.74, 6) is -0.516. The van der Waals surface area contributed by atoms with E-state index in [1.165, 1.54) is 31.7 Å². The average Bonchev–Trinajstić information content (AvgIpc) is 2.91. The standard InChI is InChI=1S/C33H37F3O/c1-3-5-6-7-23-8-13-25(14-9-23)29-20-21-30(33(36)32(29)35)26-15-10-24(11-16-26)12-17-27-18-19-28(37-4-2)22-31(27)34/h10-12,15-23,25H,3-9,13-14H2,1-2H3. The van der Waals surface area contributed by atoms with Crippen molar-refractivity contribution in [1.29, 1.82) is 0 Å². The molecule has 37 heavy (non-hydrogen) atoms. The molecule has 0 saturated heterocycles. The van der Waals surface area contributed by atoms with Crippen molar-refractivity contribution in [3.05, 3.63) is 88.7 Å². The Balaban J connectivity index is 1.42. The third-order valence-corrected chi connectivity index (χ3v) is 7.57. The maximum atomic E-state index is 15.1. The maximum absolute atomic E-state index is 15.1. The highest BCUT2D eigenvalue weighted by molar-refractivity contribution is 5.73. The minimum atomic E-state index is -0.776. The van der Waals surface area contributed by atoms with Crippen molar-refractivity contribution in [2.45, 2.75) is 71.1 Å². The van der Waals surface area contributed by atoms with Crippen LogP contribution in [0.25, 0.3) is 23.3 Å². The second kappa shape index (κ2) is 13.0. The van der Waals surface area contributed by atoms with E-state index in [4.69, 9.17) is 4.74 Å². The van der Waals surface area contributed by atoms with Gasteiger partial charge in [-0.2, -0.15) is 0 Å². The van der Waals surface area contributed by atoms with E-state index in [0.717, 1.165) is 37.2 Å². The normalized spacial score (nSPS) is 17.9. The summed E-state index contributed by atoms with van der Waals surface area (Å²) >= 11 is 0. The second-order valence-electron chi connectivity index (χ2n) is 10.1. The smallest absolute Gasteiger partial charge is 0.166 e. The molecule has 0 atom stereocenters. The molecule has 1 nitrogen and oxygen atoms in total. The molecule has 4 rings (SSSR count). The largest absolute Gasteiger partial charge is 0.494 e. The Morgan fingerprint density at radius 1 is 0.811 bits per heavy atom. The van der Waals surface area contributed by atoms with Crippen LogP contribution >= 0.6 is 0 Å². The van der Waals surface area contributed by atoms with E-state index in [9.17, 15) is 4.39 Å². The Morgan fingerprint density at radius 2 is 1.57 bits per heavy atom. The average molecular weight is 507 g/mol. The van der Waals surface area contributed by atoms with Gasteiger partial charge in [0.25, 0.3) is 0 Å². The van der Waals surface area contributed by atoms with Crippen molar-refractivity contribution in [3.63, 3.8) is 0 Å². The molecule has 196 valence electrons. The van der Waals surface area contributed by atoms with Gasteiger partial charge in [-0.15, -0.1) is 0 Å². The fourth-order valence-corrected chi connectivity index (χ4v) is 5.41. The van der Waals surface area contributed by atoms with Gasteiger partial charge in [-0.05, 0) is 73.3 Å². The zero-order valence-corrected chi connectivity index (χ0v) is 21.9. The first-order valence-electron chi connectivity index (χ1n) is 13.7. The number of benzene rings is 3. The summed E-state index contributed by atoms with van der Waals surface area (Å²) in [6.07, 6.45) is 12.6. The molecule has 0 unspecified atom stereocenters. The summed E-state index contributed by atoms with van der Waals surface area (Å²) in [7, 11) is 0. The molecule has 0 heterocycles. The minimum absolute atomic E-state index is 0.0986. The van der Waals surface area contributed by atoms with Crippen LogP contribution in [0.15, 0.2) is 54.6 Å².